The molecule has 1 aromatic heterocycles. The highest BCUT2D eigenvalue weighted by Gasteiger charge is 2.37. The van der Waals surface area contributed by atoms with Crippen LogP contribution in [0.3, 0.4) is 0 Å². The molecule has 1 heterocycles. The van der Waals surface area contributed by atoms with Crippen molar-refractivity contribution in [2.75, 3.05) is 0 Å². The van der Waals surface area contributed by atoms with E-state index in [0.717, 1.165) is 0 Å². The van der Waals surface area contributed by atoms with Gasteiger partial charge in [0.1, 0.15) is 5.75 Å². The zero-order valence-electron chi connectivity index (χ0n) is 14.2. The molecule has 27 heavy (non-hydrogen) atoms. The van der Waals surface area contributed by atoms with Crippen LogP contribution in [0.25, 0.3) is 10.9 Å². The number of aromatic amines is 1. The Bertz CT molecular complexity index is 975. The highest BCUT2D eigenvalue weighted by molar-refractivity contribution is 6.35. The summed E-state index contributed by atoms with van der Waals surface area (Å²) in [5, 5.41) is 2.70. The molecule has 8 heteroatoms. The summed E-state index contributed by atoms with van der Waals surface area (Å²) in [5.41, 5.74) is 0.256. The van der Waals surface area contributed by atoms with Crippen LogP contribution in [0.1, 0.15) is 18.9 Å². The van der Waals surface area contributed by atoms with Crippen LogP contribution in [0.2, 0.25) is 10.0 Å². The Kier molecular flexibility index (Phi) is 5.58. The minimum Gasteiger partial charge on any atom is -0.479 e. The first-order valence-corrected chi connectivity index (χ1v) is 8.95. The highest BCUT2D eigenvalue weighted by atomic mass is 35.5. The summed E-state index contributed by atoms with van der Waals surface area (Å²) in [6, 6.07) is 6.88. The van der Waals surface area contributed by atoms with Gasteiger partial charge in [0, 0.05) is 22.1 Å². The Balaban J connectivity index is 1.80. The summed E-state index contributed by atoms with van der Waals surface area (Å²) < 4.78 is 35.0. The normalized spacial score (nSPS) is 12.8. The van der Waals surface area contributed by atoms with Crippen molar-refractivity contribution in [3.05, 3.63) is 64.3 Å². The molecule has 1 amide bonds. The zero-order valence-corrected chi connectivity index (χ0v) is 15.7. The number of halogens is 4. The lowest BCUT2D eigenvalue weighted by atomic mass is 10.1. The smallest absolute Gasteiger partial charge is 0.353 e. The Morgan fingerprint density at radius 3 is 2.74 bits per heavy atom. The van der Waals surface area contributed by atoms with Gasteiger partial charge in [-0.3, -0.25) is 10.1 Å². The number of ether oxygens (including phenoxy) is 1. The molecule has 142 valence electrons. The Morgan fingerprint density at radius 1 is 1.26 bits per heavy atom. The summed E-state index contributed by atoms with van der Waals surface area (Å²) in [6.45, 7) is 1.65. The number of hydrogen-bond donors (Lipinski definition) is 2. The van der Waals surface area contributed by atoms with E-state index in [1.54, 1.807) is 24.5 Å². The van der Waals surface area contributed by atoms with Crippen LogP contribution in [-0.4, -0.2) is 17.0 Å². The topological polar surface area (TPSA) is 54.1 Å². The number of carbonyl (C=O) groups is 1. The SMILES string of the molecule is CC[C@@H](Oc1ccc(Cl)cc1Cl)C(=O)NC(F)(F)c1cccc2[nH]ccc12. The van der Waals surface area contributed by atoms with Crippen LogP contribution >= 0.6 is 23.2 Å². The molecule has 2 N–H and O–H groups in total. The fraction of sp³-hybridized carbons (Fsp3) is 0.211. The third kappa shape index (κ3) is 4.17. The Hall–Kier alpha value is -2.31. The van der Waals surface area contributed by atoms with Crippen molar-refractivity contribution in [3.8, 4) is 5.75 Å². The van der Waals surface area contributed by atoms with E-state index in [1.807, 2.05) is 0 Å². The maximum Gasteiger partial charge on any atom is 0.353 e. The van der Waals surface area contributed by atoms with Crippen molar-refractivity contribution in [3.63, 3.8) is 0 Å². The Labute approximate surface area is 164 Å². The number of fused-ring (bicyclic) bond motifs is 1. The number of aromatic nitrogens is 1. The minimum atomic E-state index is -3.57. The standard InChI is InChI=1S/C19H16Cl2F2N2O2/c1-2-16(27-17-7-6-11(20)10-14(17)21)18(26)25-19(22,23)13-4-3-5-15-12(13)8-9-24-15/h3-10,16,24H,2H2,1H3,(H,25,26)/t16-/m1/s1. The molecule has 2 aromatic carbocycles. The monoisotopic (exact) mass is 412 g/mol. The van der Waals surface area contributed by atoms with Gasteiger partial charge in [0.25, 0.3) is 5.91 Å². The summed E-state index contributed by atoms with van der Waals surface area (Å²) in [7, 11) is 0. The fourth-order valence-corrected chi connectivity index (χ4v) is 3.16. The summed E-state index contributed by atoms with van der Waals surface area (Å²) in [4.78, 5) is 15.3. The summed E-state index contributed by atoms with van der Waals surface area (Å²) in [6.07, 6.45) is 0.599. The lowest BCUT2D eigenvalue weighted by molar-refractivity contribution is -0.140. The zero-order chi connectivity index (χ0) is 19.6. The van der Waals surface area contributed by atoms with Crippen LogP contribution in [0.5, 0.6) is 5.75 Å². The number of rotatable bonds is 6. The van der Waals surface area contributed by atoms with Crippen molar-refractivity contribution in [1.29, 1.82) is 0 Å². The van der Waals surface area contributed by atoms with Crippen molar-refractivity contribution in [1.82, 2.24) is 10.3 Å². The van der Waals surface area contributed by atoms with Gasteiger partial charge in [-0.15, -0.1) is 0 Å². The quantitative estimate of drug-likeness (QED) is 0.525. The maximum atomic E-state index is 14.7. The molecule has 4 nitrogen and oxygen atoms in total. The molecule has 0 aliphatic carbocycles. The van der Waals surface area contributed by atoms with E-state index in [0.29, 0.717) is 15.9 Å². The second-order valence-electron chi connectivity index (χ2n) is 5.90. The average molecular weight is 413 g/mol. The first-order chi connectivity index (χ1) is 12.8. The number of alkyl halides is 2. The van der Waals surface area contributed by atoms with Gasteiger partial charge in [-0.1, -0.05) is 42.3 Å². The van der Waals surface area contributed by atoms with Crippen molar-refractivity contribution in [2.24, 2.45) is 0 Å². The van der Waals surface area contributed by atoms with Gasteiger partial charge in [0.15, 0.2) is 6.10 Å². The molecule has 0 spiro atoms. The fourth-order valence-electron chi connectivity index (χ4n) is 2.71. The van der Waals surface area contributed by atoms with Gasteiger partial charge in [0.05, 0.1) is 10.6 Å². The second kappa shape index (κ2) is 7.74. The third-order valence-corrected chi connectivity index (χ3v) is 4.57. The average Bonchev–Trinajstić information content (AvgIpc) is 3.09. The number of amides is 1. The van der Waals surface area contributed by atoms with Gasteiger partial charge in [-0.05, 0) is 36.8 Å². The first kappa shape index (κ1) is 19.5. The Morgan fingerprint density at radius 2 is 2.04 bits per heavy atom. The number of hydrogen-bond acceptors (Lipinski definition) is 2. The lowest BCUT2D eigenvalue weighted by Crippen LogP contribution is -2.46. The molecule has 0 unspecified atom stereocenters. The molecule has 0 aliphatic rings. The van der Waals surface area contributed by atoms with Crippen molar-refractivity contribution in [2.45, 2.75) is 25.5 Å². The van der Waals surface area contributed by atoms with E-state index in [4.69, 9.17) is 27.9 Å². The van der Waals surface area contributed by atoms with E-state index < -0.39 is 18.1 Å². The van der Waals surface area contributed by atoms with E-state index in [-0.39, 0.29) is 22.8 Å². The molecule has 0 fully saturated rings. The summed E-state index contributed by atoms with van der Waals surface area (Å²) >= 11 is 11.8. The molecule has 3 rings (SSSR count). The summed E-state index contributed by atoms with van der Waals surface area (Å²) in [5.74, 6) is -0.750. The van der Waals surface area contributed by atoms with E-state index in [1.165, 1.54) is 36.4 Å². The molecule has 0 aliphatic heterocycles. The van der Waals surface area contributed by atoms with E-state index in [9.17, 15) is 13.6 Å². The predicted molar refractivity (Wildman–Crippen MR) is 102 cm³/mol. The number of carbonyl (C=O) groups excluding carboxylic acids is 1. The maximum absolute atomic E-state index is 14.7. The van der Waals surface area contributed by atoms with Crippen LogP contribution in [0, 0.1) is 0 Å². The van der Waals surface area contributed by atoms with Gasteiger partial charge in [-0.25, -0.2) is 0 Å². The number of nitrogens with one attached hydrogen (secondary N) is 2. The second-order valence-corrected chi connectivity index (χ2v) is 6.74. The van der Waals surface area contributed by atoms with Crippen LogP contribution in [0.15, 0.2) is 48.7 Å². The highest BCUT2D eigenvalue weighted by Crippen LogP contribution is 2.32. The van der Waals surface area contributed by atoms with Crippen molar-refractivity contribution < 1.29 is 18.3 Å². The van der Waals surface area contributed by atoms with Gasteiger partial charge in [-0.2, -0.15) is 8.78 Å². The molecule has 0 saturated carbocycles. The van der Waals surface area contributed by atoms with Crippen molar-refractivity contribution >= 4 is 40.0 Å². The number of H-pyrrole nitrogens is 1. The van der Waals surface area contributed by atoms with E-state index >= 15 is 0 Å². The molecule has 3 aromatic rings. The molecule has 1 atom stereocenters. The molecule has 0 bridgehead atoms. The molecular weight excluding hydrogens is 397 g/mol. The molecule has 0 radical (unpaired) electrons. The van der Waals surface area contributed by atoms with Gasteiger partial charge < -0.3 is 9.72 Å². The minimum absolute atomic E-state index is 0.176. The van der Waals surface area contributed by atoms with Crippen LogP contribution in [-0.2, 0) is 10.8 Å². The third-order valence-electron chi connectivity index (χ3n) is 4.04. The van der Waals surface area contributed by atoms with Gasteiger partial charge in [0.2, 0.25) is 0 Å². The molecular formula is C19H16Cl2F2N2O2. The molecule has 0 saturated heterocycles. The number of benzene rings is 2. The van der Waals surface area contributed by atoms with Crippen LogP contribution < -0.4 is 10.1 Å². The van der Waals surface area contributed by atoms with Crippen LogP contribution in [0.4, 0.5) is 8.78 Å². The van der Waals surface area contributed by atoms with E-state index in [2.05, 4.69) is 4.98 Å². The van der Waals surface area contributed by atoms with Gasteiger partial charge >= 0.3 is 6.05 Å². The predicted octanol–water partition coefficient (Wildman–Crippen LogP) is 5.50. The lowest BCUT2D eigenvalue weighted by Gasteiger charge is -2.23. The first-order valence-electron chi connectivity index (χ1n) is 8.20. The largest absolute Gasteiger partial charge is 0.479 e.